The van der Waals surface area contributed by atoms with Crippen LogP contribution in [0.2, 0.25) is 0 Å². The van der Waals surface area contributed by atoms with Crippen molar-refractivity contribution in [1.82, 2.24) is 9.80 Å². The van der Waals surface area contributed by atoms with Crippen LogP contribution in [-0.4, -0.2) is 69.2 Å². The lowest BCUT2D eigenvalue weighted by Crippen LogP contribution is -2.44. The molecular weight excluding hydrogens is 556 g/mol. The number of methoxy groups -OCH3 is 3. The summed E-state index contributed by atoms with van der Waals surface area (Å²) in [6.07, 6.45) is 0.633. The van der Waals surface area contributed by atoms with Crippen LogP contribution in [0, 0.1) is 6.92 Å². The van der Waals surface area contributed by atoms with Crippen LogP contribution < -0.4 is 9.47 Å². The fraction of sp³-hybridized carbons (Fsp3) is 0.357. The Morgan fingerprint density at radius 3 is 2.38 bits per heavy atom. The fourth-order valence-electron chi connectivity index (χ4n) is 3.85. The van der Waals surface area contributed by atoms with E-state index in [1.54, 1.807) is 49.7 Å². The van der Waals surface area contributed by atoms with Gasteiger partial charge in [-0.1, -0.05) is 28.1 Å². The van der Waals surface area contributed by atoms with Crippen LogP contribution in [0.1, 0.15) is 26.4 Å². The number of rotatable bonds is 13. The smallest absolute Gasteiger partial charge is 0.254 e. The van der Waals surface area contributed by atoms with E-state index in [4.69, 9.17) is 14.2 Å². The normalized spacial score (nSPS) is 10.7. The molecule has 0 N–H and O–H groups in total. The van der Waals surface area contributed by atoms with Crippen molar-refractivity contribution in [3.63, 3.8) is 0 Å². The molecule has 3 aromatic rings. The predicted octanol–water partition coefficient (Wildman–Crippen LogP) is 5.20. The van der Waals surface area contributed by atoms with E-state index in [1.807, 2.05) is 47.5 Å². The minimum absolute atomic E-state index is 0.0366. The Morgan fingerprint density at radius 1 is 0.946 bits per heavy atom. The first-order chi connectivity index (χ1) is 17.9. The van der Waals surface area contributed by atoms with Gasteiger partial charge in [-0.2, -0.15) is 0 Å². The Hall–Kier alpha value is -2.88. The monoisotopic (exact) mass is 588 g/mol. The van der Waals surface area contributed by atoms with E-state index in [0.29, 0.717) is 49.7 Å². The third-order valence-corrected chi connectivity index (χ3v) is 7.52. The quantitative estimate of drug-likeness (QED) is 0.274. The molecule has 9 heteroatoms. The molecule has 0 unspecified atom stereocenters. The van der Waals surface area contributed by atoms with Crippen LogP contribution in [0.3, 0.4) is 0 Å². The van der Waals surface area contributed by atoms with E-state index in [0.717, 1.165) is 20.5 Å². The maximum atomic E-state index is 13.6. The zero-order valence-electron chi connectivity index (χ0n) is 21.7. The van der Waals surface area contributed by atoms with Gasteiger partial charge in [-0.15, -0.1) is 11.3 Å². The lowest BCUT2D eigenvalue weighted by molar-refractivity contribution is -0.132. The lowest BCUT2D eigenvalue weighted by atomic mass is 10.1. The largest absolute Gasteiger partial charge is 0.493 e. The molecule has 198 valence electrons. The van der Waals surface area contributed by atoms with Gasteiger partial charge < -0.3 is 24.0 Å². The number of ether oxygens (including phenoxy) is 3. The highest BCUT2D eigenvalue weighted by Gasteiger charge is 2.23. The number of hydrogen-bond acceptors (Lipinski definition) is 6. The molecule has 3 rings (SSSR count). The number of aryl methyl sites for hydroxylation is 1. The summed E-state index contributed by atoms with van der Waals surface area (Å²) >= 11 is 5.05. The van der Waals surface area contributed by atoms with Gasteiger partial charge in [0.15, 0.2) is 11.5 Å². The number of amides is 2. The topological polar surface area (TPSA) is 68.3 Å². The van der Waals surface area contributed by atoms with Crippen molar-refractivity contribution in [3.05, 3.63) is 80.0 Å². The number of hydrogen-bond donors (Lipinski definition) is 0. The zero-order chi connectivity index (χ0) is 26.8. The molecule has 0 spiro atoms. The number of halogens is 1. The highest BCUT2D eigenvalue weighted by atomic mass is 79.9. The molecule has 0 aliphatic carbocycles. The third-order valence-electron chi connectivity index (χ3n) is 6.02. The van der Waals surface area contributed by atoms with Gasteiger partial charge >= 0.3 is 0 Å². The molecule has 2 amide bonds. The molecule has 0 saturated carbocycles. The van der Waals surface area contributed by atoms with Crippen molar-refractivity contribution in [2.24, 2.45) is 0 Å². The van der Waals surface area contributed by atoms with Gasteiger partial charge in [-0.05, 0) is 66.2 Å². The summed E-state index contributed by atoms with van der Waals surface area (Å²) in [5.41, 5.74) is 2.69. The second kappa shape index (κ2) is 14.2. The van der Waals surface area contributed by atoms with E-state index >= 15 is 0 Å². The van der Waals surface area contributed by atoms with Crippen molar-refractivity contribution >= 4 is 39.1 Å². The predicted molar refractivity (Wildman–Crippen MR) is 150 cm³/mol. The Balaban J connectivity index is 1.80. The van der Waals surface area contributed by atoms with Gasteiger partial charge in [0, 0.05) is 35.1 Å². The molecule has 37 heavy (non-hydrogen) atoms. The first-order valence-electron chi connectivity index (χ1n) is 11.9. The minimum atomic E-state index is -0.209. The molecule has 0 saturated heterocycles. The van der Waals surface area contributed by atoms with Gasteiger partial charge in [0.05, 0.1) is 27.4 Å². The van der Waals surface area contributed by atoms with E-state index in [1.165, 1.54) is 0 Å². The van der Waals surface area contributed by atoms with Crippen LogP contribution >= 0.6 is 27.3 Å². The van der Waals surface area contributed by atoms with Crippen LogP contribution in [0.5, 0.6) is 11.5 Å². The van der Waals surface area contributed by atoms with Crippen LogP contribution in [0.25, 0.3) is 0 Å². The molecule has 7 nitrogen and oxygen atoms in total. The average Bonchev–Trinajstić information content (AvgIpc) is 3.32. The molecule has 0 aliphatic heterocycles. The molecule has 1 heterocycles. The van der Waals surface area contributed by atoms with E-state index < -0.39 is 0 Å². The number of thiophene rings is 1. The zero-order valence-corrected chi connectivity index (χ0v) is 24.1. The highest BCUT2D eigenvalue weighted by Crippen LogP contribution is 2.28. The number of carbonyl (C=O) groups excluding carboxylic acids is 2. The molecule has 2 aromatic carbocycles. The average molecular weight is 590 g/mol. The van der Waals surface area contributed by atoms with Gasteiger partial charge in [0.2, 0.25) is 5.91 Å². The molecule has 0 radical (unpaired) electrons. The highest BCUT2D eigenvalue weighted by molar-refractivity contribution is 9.10. The molecule has 0 bridgehead atoms. The van der Waals surface area contributed by atoms with Crippen molar-refractivity contribution in [2.75, 3.05) is 47.6 Å². The number of benzene rings is 2. The Labute approximate surface area is 231 Å². The minimum Gasteiger partial charge on any atom is -0.493 e. The Bertz CT molecular complexity index is 1200. The summed E-state index contributed by atoms with van der Waals surface area (Å²) in [6, 6.07) is 15.0. The summed E-state index contributed by atoms with van der Waals surface area (Å²) < 4.78 is 16.8. The van der Waals surface area contributed by atoms with Crippen LogP contribution in [0.4, 0.5) is 0 Å². The van der Waals surface area contributed by atoms with Crippen molar-refractivity contribution in [1.29, 1.82) is 0 Å². The molecular formula is C28H33BrN2O5S. The first kappa shape index (κ1) is 28.7. The van der Waals surface area contributed by atoms with Crippen molar-refractivity contribution in [2.45, 2.75) is 19.9 Å². The summed E-state index contributed by atoms with van der Waals surface area (Å²) in [4.78, 5) is 31.4. The summed E-state index contributed by atoms with van der Waals surface area (Å²) in [7, 11) is 4.79. The number of carbonyl (C=O) groups is 2. The van der Waals surface area contributed by atoms with Crippen molar-refractivity contribution in [3.8, 4) is 11.5 Å². The van der Waals surface area contributed by atoms with Gasteiger partial charge in [-0.25, -0.2) is 0 Å². The van der Waals surface area contributed by atoms with E-state index in [9.17, 15) is 9.59 Å². The van der Waals surface area contributed by atoms with Gasteiger partial charge in [-0.3, -0.25) is 9.59 Å². The third kappa shape index (κ3) is 8.05. The molecule has 0 fully saturated rings. The maximum absolute atomic E-state index is 13.6. The second-order valence-electron chi connectivity index (χ2n) is 8.51. The summed E-state index contributed by atoms with van der Waals surface area (Å²) in [5, 5.41) is 2.03. The molecule has 1 aromatic heterocycles. The summed E-state index contributed by atoms with van der Waals surface area (Å²) in [6.45, 7) is 3.64. The SMILES string of the molecule is COCCN(CC(=O)N(CCc1ccc(OC)c(OC)c1)Cc1sccc1C)C(=O)c1cccc(Br)c1. The molecule has 0 aliphatic rings. The Morgan fingerprint density at radius 2 is 1.73 bits per heavy atom. The maximum Gasteiger partial charge on any atom is 0.254 e. The van der Waals surface area contributed by atoms with Crippen LogP contribution in [-0.2, 0) is 22.5 Å². The summed E-state index contributed by atoms with van der Waals surface area (Å²) in [5.74, 6) is 0.983. The lowest BCUT2D eigenvalue weighted by Gasteiger charge is -2.28. The van der Waals surface area contributed by atoms with E-state index in [2.05, 4.69) is 22.0 Å². The van der Waals surface area contributed by atoms with Crippen molar-refractivity contribution < 1.29 is 23.8 Å². The standard InChI is InChI=1S/C28H33BrN2O5S/c1-20-11-15-37-26(20)18-30(12-10-21-8-9-24(35-3)25(16-21)36-4)27(32)19-31(13-14-34-2)28(33)22-6-5-7-23(29)17-22/h5-9,11,15-17H,10,12-14,18-19H2,1-4H3. The van der Waals surface area contributed by atoms with Crippen LogP contribution in [0.15, 0.2) is 58.4 Å². The molecule has 0 atom stereocenters. The Kier molecular flexibility index (Phi) is 11.0. The van der Waals surface area contributed by atoms with Gasteiger partial charge in [0.25, 0.3) is 5.91 Å². The first-order valence-corrected chi connectivity index (χ1v) is 13.6. The van der Waals surface area contributed by atoms with Gasteiger partial charge in [0.1, 0.15) is 6.54 Å². The number of nitrogens with zero attached hydrogens (tertiary/aromatic N) is 2. The van der Waals surface area contributed by atoms with E-state index in [-0.39, 0.29) is 18.4 Å². The second-order valence-corrected chi connectivity index (χ2v) is 10.4. The fourth-order valence-corrected chi connectivity index (χ4v) is 5.17.